The molecule has 3 aliphatic rings. The van der Waals surface area contributed by atoms with Crippen LogP contribution in [0.15, 0.2) is 23.8 Å². The molecule has 0 aromatic heterocycles. The van der Waals surface area contributed by atoms with Gasteiger partial charge in [-0.3, -0.25) is 0 Å². The van der Waals surface area contributed by atoms with Gasteiger partial charge in [0.25, 0.3) is 0 Å². The summed E-state index contributed by atoms with van der Waals surface area (Å²) < 4.78 is 5.89. The van der Waals surface area contributed by atoms with Crippen LogP contribution in [0.25, 0.3) is 0 Å². The number of nitrogens with zero attached hydrogens (tertiary/aromatic N) is 2. The number of ether oxygens (including phenoxy) is 1. The monoisotopic (exact) mass is 430 g/mol. The van der Waals surface area contributed by atoms with Gasteiger partial charge in [0.1, 0.15) is 5.60 Å². The number of hydrogen-bond donors (Lipinski definition) is 0. The minimum atomic E-state index is -0.471. The summed E-state index contributed by atoms with van der Waals surface area (Å²) in [5, 5.41) is 0. The quantitative estimate of drug-likeness (QED) is 0.488. The average molecular weight is 431 g/mol. The van der Waals surface area contributed by atoms with Gasteiger partial charge in [0.2, 0.25) is 0 Å². The SMILES string of the molecule is CC(C)(C)OC(=O)N1CC(/C2=C/C=C\CCCC2)C[C@H](N2CCCCCC2)CC1(C)C. The number of amides is 1. The first-order valence-corrected chi connectivity index (χ1v) is 12.8. The lowest BCUT2D eigenvalue weighted by Crippen LogP contribution is -2.51. The highest BCUT2D eigenvalue weighted by atomic mass is 16.6. The molecule has 31 heavy (non-hydrogen) atoms. The first-order chi connectivity index (χ1) is 14.7. The molecule has 3 rings (SSSR count). The Balaban J connectivity index is 1.90. The Bertz CT molecular complexity index is 651. The number of likely N-dealkylation sites (tertiary alicyclic amines) is 2. The fourth-order valence-corrected chi connectivity index (χ4v) is 5.59. The summed E-state index contributed by atoms with van der Waals surface area (Å²) >= 11 is 0. The van der Waals surface area contributed by atoms with Crippen molar-refractivity contribution in [1.82, 2.24) is 9.80 Å². The number of carbonyl (C=O) groups excluding carboxylic acids is 1. The van der Waals surface area contributed by atoms with Gasteiger partial charge in [-0.05, 0) is 105 Å². The van der Waals surface area contributed by atoms with Crippen LogP contribution >= 0.6 is 0 Å². The van der Waals surface area contributed by atoms with E-state index in [-0.39, 0.29) is 11.6 Å². The molecular formula is C27H46N2O2. The Kier molecular flexibility index (Phi) is 8.29. The zero-order valence-corrected chi connectivity index (χ0v) is 20.8. The number of carbonyl (C=O) groups is 1. The molecule has 4 nitrogen and oxygen atoms in total. The van der Waals surface area contributed by atoms with E-state index in [0.717, 1.165) is 25.8 Å². The summed E-state index contributed by atoms with van der Waals surface area (Å²) in [6.07, 6.45) is 19.1. The number of allylic oxidation sites excluding steroid dienone is 3. The van der Waals surface area contributed by atoms with Crippen LogP contribution in [-0.4, -0.2) is 52.7 Å². The minimum Gasteiger partial charge on any atom is -0.444 e. The van der Waals surface area contributed by atoms with Crippen molar-refractivity contribution in [3.63, 3.8) is 0 Å². The smallest absolute Gasteiger partial charge is 0.410 e. The molecule has 2 heterocycles. The number of hydrogen-bond acceptors (Lipinski definition) is 3. The van der Waals surface area contributed by atoms with E-state index in [9.17, 15) is 4.79 Å². The molecule has 0 aromatic carbocycles. The fraction of sp³-hybridized carbons (Fsp3) is 0.815. The lowest BCUT2D eigenvalue weighted by molar-refractivity contribution is -0.000274. The third-order valence-electron chi connectivity index (χ3n) is 7.25. The first kappa shape index (κ1) is 24.4. The zero-order chi connectivity index (χ0) is 22.5. The summed E-state index contributed by atoms with van der Waals surface area (Å²) in [6, 6.07) is 0.529. The van der Waals surface area contributed by atoms with Crippen molar-refractivity contribution < 1.29 is 9.53 Å². The normalized spacial score (nSPS) is 31.4. The van der Waals surface area contributed by atoms with Crippen LogP contribution in [0.1, 0.15) is 98.8 Å². The molecule has 4 heteroatoms. The molecule has 2 fully saturated rings. The van der Waals surface area contributed by atoms with Crippen LogP contribution in [0.2, 0.25) is 0 Å². The maximum absolute atomic E-state index is 13.3. The minimum absolute atomic E-state index is 0.152. The molecule has 0 radical (unpaired) electrons. The molecule has 1 aliphatic carbocycles. The van der Waals surface area contributed by atoms with Crippen molar-refractivity contribution in [2.45, 2.75) is 116 Å². The first-order valence-electron chi connectivity index (χ1n) is 12.8. The van der Waals surface area contributed by atoms with E-state index in [0.29, 0.717) is 12.0 Å². The predicted molar refractivity (Wildman–Crippen MR) is 129 cm³/mol. The molecule has 0 saturated carbocycles. The summed E-state index contributed by atoms with van der Waals surface area (Å²) in [7, 11) is 0. The predicted octanol–water partition coefficient (Wildman–Crippen LogP) is 6.71. The second-order valence-electron chi connectivity index (χ2n) is 11.6. The zero-order valence-electron chi connectivity index (χ0n) is 20.8. The highest BCUT2D eigenvalue weighted by Gasteiger charge is 2.42. The van der Waals surface area contributed by atoms with Gasteiger partial charge < -0.3 is 14.5 Å². The highest BCUT2D eigenvalue weighted by molar-refractivity contribution is 5.69. The van der Waals surface area contributed by atoms with Crippen molar-refractivity contribution >= 4 is 6.09 Å². The highest BCUT2D eigenvalue weighted by Crippen LogP contribution is 2.38. The van der Waals surface area contributed by atoms with Crippen molar-refractivity contribution in [2.24, 2.45) is 5.92 Å². The Labute approximate surface area is 191 Å². The van der Waals surface area contributed by atoms with Gasteiger partial charge in [-0.2, -0.15) is 0 Å². The van der Waals surface area contributed by atoms with Crippen molar-refractivity contribution in [1.29, 1.82) is 0 Å². The Morgan fingerprint density at radius 2 is 1.77 bits per heavy atom. The molecule has 0 bridgehead atoms. The Morgan fingerprint density at radius 1 is 1.06 bits per heavy atom. The molecule has 0 aromatic rings. The molecular weight excluding hydrogens is 384 g/mol. The van der Waals surface area contributed by atoms with Crippen LogP contribution in [0.3, 0.4) is 0 Å². The molecule has 2 aliphatic heterocycles. The van der Waals surface area contributed by atoms with E-state index in [2.05, 4.69) is 41.9 Å². The van der Waals surface area contributed by atoms with E-state index in [1.165, 1.54) is 63.6 Å². The van der Waals surface area contributed by atoms with Gasteiger partial charge >= 0.3 is 6.09 Å². The van der Waals surface area contributed by atoms with Crippen LogP contribution in [0, 0.1) is 5.92 Å². The Morgan fingerprint density at radius 3 is 2.45 bits per heavy atom. The number of rotatable bonds is 2. The molecule has 2 atom stereocenters. The van der Waals surface area contributed by atoms with Gasteiger partial charge in [0, 0.05) is 18.1 Å². The summed E-state index contributed by atoms with van der Waals surface area (Å²) in [6.45, 7) is 13.6. The maximum atomic E-state index is 13.3. The fourth-order valence-electron chi connectivity index (χ4n) is 5.59. The van der Waals surface area contributed by atoms with E-state index in [1.807, 2.05) is 20.8 Å². The molecule has 2 saturated heterocycles. The molecule has 176 valence electrons. The van der Waals surface area contributed by atoms with Crippen molar-refractivity contribution in [3.05, 3.63) is 23.8 Å². The van der Waals surface area contributed by atoms with E-state index >= 15 is 0 Å². The molecule has 0 N–H and O–H groups in total. The topological polar surface area (TPSA) is 32.8 Å². The van der Waals surface area contributed by atoms with Crippen LogP contribution < -0.4 is 0 Å². The summed E-state index contributed by atoms with van der Waals surface area (Å²) in [4.78, 5) is 18.1. The summed E-state index contributed by atoms with van der Waals surface area (Å²) in [5.41, 5.74) is 0.843. The van der Waals surface area contributed by atoms with Gasteiger partial charge in [-0.15, -0.1) is 0 Å². The van der Waals surface area contributed by atoms with Gasteiger partial charge in [0.15, 0.2) is 0 Å². The van der Waals surface area contributed by atoms with Crippen LogP contribution in [0.5, 0.6) is 0 Å². The molecule has 1 unspecified atom stereocenters. The Hall–Kier alpha value is -1.29. The lowest BCUT2D eigenvalue weighted by Gasteiger charge is -2.41. The van der Waals surface area contributed by atoms with Gasteiger partial charge in [-0.1, -0.05) is 36.6 Å². The molecule has 1 amide bonds. The van der Waals surface area contributed by atoms with Crippen molar-refractivity contribution in [3.8, 4) is 0 Å². The maximum Gasteiger partial charge on any atom is 0.410 e. The standard InChI is InChI=1S/C27H46N2O2/c1-26(2,3)31-25(30)29-21-23(22-15-11-7-6-8-12-16-22)19-24(20-27(29,4)5)28-17-13-9-10-14-18-28/h7,11,15,23-24H,6,8-10,12-14,16-21H2,1-5H3/b11-7-,22-15+/t23?,24-/m0/s1. The third kappa shape index (κ3) is 7.10. The van der Waals surface area contributed by atoms with Gasteiger partial charge in [-0.25, -0.2) is 4.79 Å². The summed E-state index contributed by atoms with van der Waals surface area (Å²) in [5.74, 6) is 0.408. The third-order valence-corrected chi connectivity index (χ3v) is 7.25. The largest absolute Gasteiger partial charge is 0.444 e. The van der Waals surface area contributed by atoms with E-state index in [1.54, 1.807) is 0 Å². The second-order valence-corrected chi connectivity index (χ2v) is 11.6. The van der Waals surface area contributed by atoms with E-state index in [4.69, 9.17) is 4.74 Å². The van der Waals surface area contributed by atoms with Crippen LogP contribution in [0.4, 0.5) is 4.79 Å². The van der Waals surface area contributed by atoms with E-state index < -0.39 is 5.60 Å². The second kappa shape index (κ2) is 10.6. The van der Waals surface area contributed by atoms with Crippen molar-refractivity contribution in [2.75, 3.05) is 19.6 Å². The molecule has 0 spiro atoms. The van der Waals surface area contributed by atoms with Gasteiger partial charge in [0.05, 0.1) is 0 Å². The average Bonchev–Trinajstić information content (AvgIpc) is 2.97. The lowest BCUT2D eigenvalue weighted by atomic mass is 9.86. The van der Waals surface area contributed by atoms with Crippen LogP contribution in [-0.2, 0) is 4.74 Å².